The lowest BCUT2D eigenvalue weighted by Gasteiger charge is -2.46. The first-order valence-corrected chi connectivity index (χ1v) is 8.20. The van der Waals surface area contributed by atoms with Gasteiger partial charge < -0.3 is 19.5 Å². The van der Waals surface area contributed by atoms with Gasteiger partial charge in [0, 0.05) is 13.7 Å². The van der Waals surface area contributed by atoms with Gasteiger partial charge in [0.25, 0.3) is 0 Å². The van der Waals surface area contributed by atoms with Crippen molar-refractivity contribution in [3.05, 3.63) is 0 Å². The fraction of sp³-hybridized carbons (Fsp3) is 0.875. The summed E-state index contributed by atoms with van der Waals surface area (Å²) in [5.74, 6) is 0.191. The molecule has 0 radical (unpaired) electrons. The number of piperidine rings is 2. The number of fused-ring (bicyclic) bond motifs is 2. The van der Waals surface area contributed by atoms with Crippen molar-refractivity contribution in [3.63, 3.8) is 0 Å². The minimum Gasteiger partial charge on any atom is -0.444 e. The molecule has 0 aromatic heterocycles. The van der Waals surface area contributed by atoms with Gasteiger partial charge in [-0.15, -0.1) is 0 Å². The van der Waals surface area contributed by atoms with Crippen LogP contribution >= 0.6 is 0 Å². The second-order valence-corrected chi connectivity index (χ2v) is 7.82. The minimum absolute atomic E-state index is 0.000234. The minimum atomic E-state index is -0.721. The molecule has 0 aromatic carbocycles. The number of aliphatic hydroxyl groups is 1. The number of hydrogen-bond acceptors (Lipinski definition) is 5. The number of carbonyl (C=O) groups is 2. The maximum absolute atomic E-state index is 12.6. The van der Waals surface area contributed by atoms with Gasteiger partial charge >= 0.3 is 6.09 Å². The summed E-state index contributed by atoms with van der Waals surface area (Å²) in [5.41, 5.74) is -0.580. The molecule has 0 unspecified atom stereocenters. The summed E-state index contributed by atoms with van der Waals surface area (Å²) in [6.45, 7) is 6.12. The molecule has 2 amide bonds. The summed E-state index contributed by atoms with van der Waals surface area (Å²) in [5, 5.41) is 10.7. The van der Waals surface area contributed by atoms with Gasteiger partial charge in [-0.25, -0.2) is 4.79 Å². The van der Waals surface area contributed by atoms with Crippen molar-refractivity contribution in [2.45, 2.75) is 63.4 Å². The largest absolute Gasteiger partial charge is 0.444 e. The Balaban J connectivity index is 1.84. The lowest BCUT2D eigenvalue weighted by molar-refractivity contribution is -0.143. The van der Waals surface area contributed by atoms with Gasteiger partial charge in [-0.05, 0) is 39.5 Å². The predicted molar refractivity (Wildman–Crippen MR) is 81.8 cm³/mol. The van der Waals surface area contributed by atoms with Crippen LogP contribution in [0.1, 0.15) is 33.6 Å². The third-order valence-electron chi connectivity index (χ3n) is 5.01. The average Bonchev–Trinajstić information content (AvgIpc) is 2.53. The zero-order chi connectivity index (χ0) is 16.9. The Hall–Kier alpha value is -1.34. The molecule has 130 valence electrons. The van der Waals surface area contributed by atoms with E-state index in [1.54, 1.807) is 9.80 Å². The molecule has 3 aliphatic rings. The van der Waals surface area contributed by atoms with Gasteiger partial charge in [-0.2, -0.15) is 0 Å². The van der Waals surface area contributed by atoms with E-state index in [4.69, 9.17) is 9.47 Å². The number of likely N-dealkylation sites (tertiary alicyclic amines) is 1. The van der Waals surface area contributed by atoms with Gasteiger partial charge in [0.1, 0.15) is 12.2 Å². The van der Waals surface area contributed by atoms with Gasteiger partial charge in [-0.1, -0.05) is 0 Å². The zero-order valence-electron chi connectivity index (χ0n) is 14.2. The zero-order valence-corrected chi connectivity index (χ0v) is 14.2. The summed E-state index contributed by atoms with van der Waals surface area (Å²) in [6, 6.07) is -0.786. The van der Waals surface area contributed by atoms with Crippen molar-refractivity contribution in [1.82, 2.24) is 9.80 Å². The standard InChI is InChI=1S/C16H26N2O5/c1-16(2,3)23-15(21)18-10-5-9-6-11(18)14(20)13(10)17(7-9)12(19)8-22-4/h9-11,13-14,20H,5-8H2,1-4H3/t9-,10-,11+,13+,14+/m1/s1. The van der Waals surface area contributed by atoms with E-state index < -0.39 is 17.8 Å². The van der Waals surface area contributed by atoms with E-state index in [0.29, 0.717) is 18.9 Å². The maximum atomic E-state index is 12.6. The van der Waals surface area contributed by atoms with E-state index in [1.165, 1.54) is 7.11 Å². The summed E-state index contributed by atoms with van der Waals surface area (Å²) in [6.07, 6.45) is 0.410. The highest BCUT2D eigenvalue weighted by atomic mass is 16.6. The molecule has 3 bridgehead atoms. The van der Waals surface area contributed by atoms with Crippen molar-refractivity contribution in [1.29, 1.82) is 0 Å². The smallest absolute Gasteiger partial charge is 0.410 e. The number of rotatable bonds is 2. The number of aliphatic hydroxyl groups excluding tert-OH is 1. The second-order valence-electron chi connectivity index (χ2n) is 7.82. The van der Waals surface area contributed by atoms with Gasteiger partial charge in [-0.3, -0.25) is 9.69 Å². The Kier molecular flexibility index (Phi) is 4.04. The Bertz CT molecular complexity index is 503. The van der Waals surface area contributed by atoms with Crippen LogP contribution < -0.4 is 0 Å². The third kappa shape index (κ3) is 2.80. The topological polar surface area (TPSA) is 79.3 Å². The summed E-state index contributed by atoms with van der Waals surface area (Å²) >= 11 is 0. The molecular formula is C16H26N2O5. The highest BCUT2D eigenvalue weighted by molar-refractivity contribution is 5.79. The van der Waals surface area contributed by atoms with Gasteiger partial charge in [0.05, 0.1) is 24.2 Å². The fourth-order valence-corrected chi connectivity index (χ4v) is 4.32. The lowest BCUT2D eigenvalue weighted by Crippen LogP contribution is -2.59. The molecule has 0 aromatic rings. The molecule has 3 heterocycles. The van der Waals surface area contributed by atoms with Crippen LogP contribution in [-0.2, 0) is 14.3 Å². The second kappa shape index (κ2) is 5.63. The summed E-state index contributed by atoms with van der Waals surface area (Å²) in [7, 11) is 1.48. The predicted octanol–water partition coefficient (Wildman–Crippen LogP) is 0.602. The molecule has 3 aliphatic heterocycles. The van der Waals surface area contributed by atoms with Crippen molar-refractivity contribution in [3.8, 4) is 0 Å². The van der Waals surface area contributed by atoms with Crippen molar-refractivity contribution in [2.24, 2.45) is 5.92 Å². The van der Waals surface area contributed by atoms with Crippen LogP contribution in [0.2, 0.25) is 0 Å². The van der Waals surface area contributed by atoms with E-state index in [0.717, 1.165) is 6.42 Å². The fourth-order valence-electron chi connectivity index (χ4n) is 4.32. The lowest BCUT2D eigenvalue weighted by atomic mass is 9.86. The molecule has 3 fully saturated rings. The van der Waals surface area contributed by atoms with Crippen LogP contribution in [0.15, 0.2) is 0 Å². The molecule has 5 atom stereocenters. The molecular weight excluding hydrogens is 300 g/mol. The highest BCUT2D eigenvalue weighted by Crippen LogP contribution is 2.46. The monoisotopic (exact) mass is 326 g/mol. The van der Waals surface area contributed by atoms with E-state index >= 15 is 0 Å². The molecule has 3 rings (SSSR count). The number of methoxy groups -OCH3 is 1. The van der Waals surface area contributed by atoms with Crippen molar-refractivity contribution >= 4 is 12.0 Å². The first-order chi connectivity index (χ1) is 10.7. The van der Waals surface area contributed by atoms with E-state index in [2.05, 4.69) is 0 Å². The number of ether oxygens (including phenoxy) is 2. The highest BCUT2D eigenvalue weighted by Gasteiger charge is 2.61. The van der Waals surface area contributed by atoms with Crippen molar-refractivity contribution < 1.29 is 24.2 Å². The van der Waals surface area contributed by atoms with E-state index in [-0.39, 0.29) is 30.6 Å². The van der Waals surface area contributed by atoms with Gasteiger partial charge in [0.2, 0.25) is 5.91 Å². The van der Waals surface area contributed by atoms with Crippen LogP contribution in [0.3, 0.4) is 0 Å². The van der Waals surface area contributed by atoms with Gasteiger partial charge in [0.15, 0.2) is 0 Å². The first kappa shape index (κ1) is 16.5. The SMILES string of the molecule is COCC(=O)N1C[C@@H]2C[C@@H]3[C@H]1[C@@H](O)[C@H](C2)N3C(=O)OC(C)(C)C. The number of hydrogen-bond donors (Lipinski definition) is 1. The van der Waals surface area contributed by atoms with Crippen LogP contribution in [-0.4, -0.2) is 77.0 Å². The number of amides is 2. The molecule has 0 saturated carbocycles. The van der Waals surface area contributed by atoms with Crippen LogP contribution in [0.25, 0.3) is 0 Å². The number of carbonyl (C=O) groups excluding carboxylic acids is 2. The Morgan fingerprint density at radius 2 is 1.87 bits per heavy atom. The first-order valence-electron chi connectivity index (χ1n) is 8.20. The molecule has 0 spiro atoms. The normalized spacial score (nSPS) is 35.6. The average molecular weight is 326 g/mol. The van der Waals surface area contributed by atoms with Crippen molar-refractivity contribution in [2.75, 3.05) is 20.3 Å². The Morgan fingerprint density at radius 3 is 2.48 bits per heavy atom. The molecule has 7 nitrogen and oxygen atoms in total. The molecule has 1 N–H and O–H groups in total. The van der Waals surface area contributed by atoms with E-state index in [1.807, 2.05) is 20.8 Å². The Labute approximate surface area is 136 Å². The maximum Gasteiger partial charge on any atom is 0.410 e. The summed E-state index contributed by atoms with van der Waals surface area (Å²) in [4.78, 5) is 28.2. The Morgan fingerprint density at radius 1 is 1.22 bits per heavy atom. The van der Waals surface area contributed by atoms with E-state index in [9.17, 15) is 14.7 Å². The molecule has 23 heavy (non-hydrogen) atoms. The van der Waals surface area contributed by atoms with Crippen LogP contribution in [0, 0.1) is 5.92 Å². The van der Waals surface area contributed by atoms with Crippen LogP contribution in [0.5, 0.6) is 0 Å². The summed E-state index contributed by atoms with van der Waals surface area (Å²) < 4.78 is 10.5. The quantitative estimate of drug-likeness (QED) is 0.804. The molecule has 7 heteroatoms. The number of nitrogens with zero attached hydrogens (tertiary/aromatic N) is 2. The third-order valence-corrected chi connectivity index (χ3v) is 5.01. The molecule has 3 saturated heterocycles. The van der Waals surface area contributed by atoms with Crippen LogP contribution in [0.4, 0.5) is 4.79 Å². The molecule has 0 aliphatic carbocycles.